The zero-order valence-corrected chi connectivity index (χ0v) is 13.1. The molecule has 3 nitrogen and oxygen atoms in total. The van der Waals surface area contributed by atoms with Gasteiger partial charge in [-0.3, -0.25) is 9.80 Å². The van der Waals surface area contributed by atoms with Gasteiger partial charge in [-0.05, 0) is 45.6 Å². The normalized spacial score (nSPS) is 41.5. The fraction of sp³-hybridized carbons (Fsp3) is 1.00. The Morgan fingerprint density at radius 3 is 1.65 bits per heavy atom. The van der Waals surface area contributed by atoms with E-state index in [9.17, 15) is 0 Å². The average Bonchev–Trinajstić information content (AvgIpc) is 3.06. The highest BCUT2D eigenvalue weighted by atomic mass is 15.3. The highest BCUT2D eigenvalue weighted by Gasteiger charge is 2.41. The Labute approximate surface area is 124 Å². The molecule has 4 rings (SSSR count). The third-order valence-corrected chi connectivity index (χ3v) is 6.78. The van der Waals surface area contributed by atoms with Crippen molar-refractivity contribution in [3.63, 3.8) is 0 Å². The minimum atomic E-state index is 0.895. The molecule has 114 valence electrons. The van der Waals surface area contributed by atoms with Crippen molar-refractivity contribution in [2.45, 2.75) is 75.5 Å². The summed E-state index contributed by atoms with van der Waals surface area (Å²) in [6.07, 6.45) is 11.7. The van der Waals surface area contributed by atoms with Crippen molar-refractivity contribution in [3.05, 3.63) is 0 Å². The van der Waals surface area contributed by atoms with Crippen molar-refractivity contribution in [1.29, 1.82) is 0 Å². The standard InChI is InChI=1S/C17H31N3/c1-18-15-6-7-16(18)13-17(12-15)20-10-8-19(9-11-20)14-4-2-3-5-14/h14-17H,2-13H2,1H3/t15-,16-/m0/s1. The van der Waals surface area contributed by atoms with E-state index < -0.39 is 0 Å². The second-order valence-corrected chi connectivity index (χ2v) is 7.69. The van der Waals surface area contributed by atoms with Crippen LogP contribution in [-0.4, -0.2) is 72.1 Å². The number of piperidine rings is 1. The molecule has 4 aliphatic rings. The fourth-order valence-electron chi connectivity index (χ4n) is 5.42. The molecule has 20 heavy (non-hydrogen) atoms. The number of nitrogens with zero attached hydrogens (tertiary/aromatic N) is 3. The summed E-state index contributed by atoms with van der Waals surface area (Å²) in [4.78, 5) is 8.31. The van der Waals surface area contributed by atoms with Crippen molar-refractivity contribution in [2.24, 2.45) is 0 Å². The van der Waals surface area contributed by atoms with Crippen LogP contribution in [0, 0.1) is 0 Å². The van der Waals surface area contributed by atoms with Crippen LogP contribution in [0.2, 0.25) is 0 Å². The van der Waals surface area contributed by atoms with Gasteiger partial charge < -0.3 is 4.90 Å². The maximum atomic E-state index is 2.84. The van der Waals surface area contributed by atoms with Gasteiger partial charge in [0.15, 0.2) is 0 Å². The minimum absolute atomic E-state index is 0.895. The second-order valence-electron chi connectivity index (χ2n) is 7.69. The first-order valence-electron chi connectivity index (χ1n) is 9.01. The Hall–Kier alpha value is -0.120. The zero-order valence-electron chi connectivity index (χ0n) is 13.1. The molecule has 2 bridgehead atoms. The molecule has 1 saturated carbocycles. The van der Waals surface area contributed by atoms with Crippen molar-refractivity contribution in [1.82, 2.24) is 14.7 Å². The lowest BCUT2D eigenvalue weighted by Gasteiger charge is -2.46. The van der Waals surface area contributed by atoms with Gasteiger partial charge in [0.05, 0.1) is 0 Å². The van der Waals surface area contributed by atoms with Crippen LogP contribution in [0.1, 0.15) is 51.4 Å². The first kappa shape index (κ1) is 13.5. The van der Waals surface area contributed by atoms with E-state index in [1.807, 2.05) is 0 Å². The molecule has 3 heteroatoms. The average molecular weight is 277 g/mol. The Morgan fingerprint density at radius 1 is 0.600 bits per heavy atom. The smallest absolute Gasteiger partial charge is 0.0126 e. The summed E-state index contributed by atoms with van der Waals surface area (Å²) in [6, 6.07) is 3.62. The lowest BCUT2D eigenvalue weighted by Crippen LogP contribution is -2.56. The molecule has 4 fully saturated rings. The summed E-state index contributed by atoms with van der Waals surface area (Å²) in [5.41, 5.74) is 0. The predicted octanol–water partition coefficient (Wildman–Crippen LogP) is 2.17. The van der Waals surface area contributed by atoms with Gasteiger partial charge in [-0.25, -0.2) is 0 Å². The molecule has 3 saturated heterocycles. The topological polar surface area (TPSA) is 9.72 Å². The molecule has 0 N–H and O–H groups in total. The van der Waals surface area contributed by atoms with E-state index in [4.69, 9.17) is 0 Å². The van der Waals surface area contributed by atoms with Crippen LogP contribution in [0.3, 0.4) is 0 Å². The Kier molecular flexibility index (Phi) is 3.78. The van der Waals surface area contributed by atoms with Gasteiger partial charge in [-0.2, -0.15) is 0 Å². The molecule has 0 unspecified atom stereocenters. The number of piperazine rings is 1. The summed E-state index contributed by atoms with van der Waals surface area (Å²) >= 11 is 0. The van der Waals surface area contributed by atoms with Crippen LogP contribution in [0.25, 0.3) is 0 Å². The number of hydrogen-bond donors (Lipinski definition) is 0. The van der Waals surface area contributed by atoms with Gasteiger partial charge in [0.2, 0.25) is 0 Å². The van der Waals surface area contributed by atoms with E-state index in [0.717, 1.165) is 24.2 Å². The molecule has 0 aromatic carbocycles. The van der Waals surface area contributed by atoms with Crippen LogP contribution < -0.4 is 0 Å². The molecule has 0 radical (unpaired) electrons. The van der Waals surface area contributed by atoms with Gasteiger partial charge in [-0.1, -0.05) is 12.8 Å². The highest BCUT2D eigenvalue weighted by Crippen LogP contribution is 2.36. The van der Waals surface area contributed by atoms with Crippen molar-refractivity contribution in [2.75, 3.05) is 33.2 Å². The number of hydrogen-bond acceptors (Lipinski definition) is 3. The van der Waals surface area contributed by atoms with Crippen LogP contribution >= 0.6 is 0 Å². The van der Waals surface area contributed by atoms with Gasteiger partial charge in [0.25, 0.3) is 0 Å². The molecular formula is C17H31N3. The molecule has 0 aromatic rings. The monoisotopic (exact) mass is 277 g/mol. The van der Waals surface area contributed by atoms with E-state index in [2.05, 4.69) is 21.7 Å². The Balaban J connectivity index is 1.31. The van der Waals surface area contributed by atoms with E-state index in [1.54, 1.807) is 0 Å². The number of rotatable bonds is 2. The van der Waals surface area contributed by atoms with E-state index in [0.29, 0.717) is 0 Å². The first-order valence-corrected chi connectivity index (χ1v) is 9.01. The third-order valence-electron chi connectivity index (χ3n) is 6.78. The molecule has 3 heterocycles. The summed E-state index contributed by atoms with van der Waals surface area (Å²) in [6.45, 7) is 5.35. The Bertz CT molecular complexity index is 317. The maximum absolute atomic E-state index is 2.84. The molecule has 0 amide bonds. The van der Waals surface area contributed by atoms with Gasteiger partial charge in [-0.15, -0.1) is 0 Å². The molecule has 3 aliphatic heterocycles. The van der Waals surface area contributed by atoms with Gasteiger partial charge in [0.1, 0.15) is 0 Å². The van der Waals surface area contributed by atoms with Crippen LogP contribution in [0.15, 0.2) is 0 Å². The van der Waals surface area contributed by atoms with E-state index in [-0.39, 0.29) is 0 Å². The molecule has 2 atom stereocenters. The maximum Gasteiger partial charge on any atom is 0.0126 e. The first-order chi connectivity index (χ1) is 9.81. The molecular weight excluding hydrogens is 246 g/mol. The summed E-state index contributed by atoms with van der Waals surface area (Å²) in [5, 5.41) is 0. The zero-order chi connectivity index (χ0) is 13.5. The third kappa shape index (κ3) is 2.42. The predicted molar refractivity (Wildman–Crippen MR) is 83.0 cm³/mol. The lowest BCUT2D eigenvalue weighted by atomic mass is 9.96. The van der Waals surface area contributed by atoms with Crippen LogP contribution in [0.4, 0.5) is 0 Å². The van der Waals surface area contributed by atoms with Crippen molar-refractivity contribution < 1.29 is 0 Å². The molecule has 1 aliphatic carbocycles. The van der Waals surface area contributed by atoms with Crippen LogP contribution in [0.5, 0.6) is 0 Å². The quantitative estimate of drug-likeness (QED) is 0.766. The van der Waals surface area contributed by atoms with Gasteiger partial charge in [0, 0.05) is 50.3 Å². The fourth-order valence-corrected chi connectivity index (χ4v) is 5.42. The highest BCUT2D eigenvalue weighted by molar-refractivity contribution is 4.97. The lowest BCUT2D eigenvalue weighted by molar-refractivity contribution is 0.0283. The molecule has 0 spiro atoms. The largest absolute Gasteiger partial charge is 0.300 e. The van der Waals surface area contributed by atoms with Crippen LogP contribution in [-0.2, 0) is 0 Å². The van der Waals surface area contributed by atoms with E-state index in [1.165, 1.54) is 77.5 Å². The van der Waals surface area contributed by atoms with Crippen molar-refractivity contribution in [3.8, 4) is 0 Å². The van der Waals surface area contributed by atoms with Crippen molar-refractivity contribution >= 4 is 0 Å². The second kappa shape index (κ2) is 5.58. The van der Waals surface area contributed by atoms with E-state index >= 15 is 0 Å². The SMILES string of the molecule is CN1[C@H]2CC[C@H]1CC(N1CCN(C3CCCC3)CC1)C2. The summed E-state index contributed by atoms with van der Waals surface area (Å²) < 4.78 is 0. The Morgan fingerprint density at radius 2 is 1.10 bits per heavy atom. The molecule has 0 aromatic heterocycles. The summed E-state index contributed by atoms with van der Waals surface area (Å²) in [5.74, 6) is 0. The number of fused-ring (bicyclic) bond motifs is 2. The minimum Gasteiger partial charge on any atom is -0.300 e. The summed E-state index contributed by atoms with van der Waals surface area (Å²) in [7, 11) is 2.36. The van der Waals surface area contributed by atoms with Gasteiger partial charge >= 0.3 is 0 Å².